The number of allylic oxidation sites excluding steroid dienone is 3. The van der Waals surface area contributed by atoms with Crippen molar-refractivity contribution in [1.82, 2.24) is 0 Å². The predicted molar refractivity (Wildman–Crippen MR) is 79.6 cm³/mol. The van der Waals surface area contributed by atoms with Gasteiger partial charge in [-0.05, 0) is 42.2 Å². The first kappa shape index (κ1) is 16.9. The molecule has 1 aliphatic heterocycles. The highest BCUT2D eigenvalue weighted by molar-refractivity contribution is 5.75. The molecule has 0 saturated carbocycles. The molecule has 23 heavy (non-hydrogen) atoms. The van der Waals surface area contributed by atoms with Gasteiger partial charge >= 0.3 is 12.1 Å². The largest absolute Gasteiger partial charge is 0.482 e. The van der Waals surface area contributed by atoms with Crippen molar-refractivity contribution in [3.05, 3.63) is 65.5 Å². The Morgan fingerprint density at radius 3 is 2.48 bits per heavy atom. The molecule has 0 bridgehead atoms. The maximum absolute atomic E-state index is 12.4. The maximum Gasteiger partial charge on any atom is 0.412 e. The summed E-state index contributed by atoms with van der Waals surface area (Å²) in [5.74, 6) is -0.962. The van der Waals surface area contributed by atoms with Crippen molar-refractivity contribution in [2.75, 3.05) is 0 Å². The first-order valence-corrected chi connectivity index (χ1v) is 6.95. The van der Waals surface area contributed by atoms with Gasteiger partial charge in [0.25, 0.3) is 0 Å². The monoisotopic (exact) mass is 324 g/mol. The van der Waals surface area contributed by atoms with Gasteiger partial charge in [0.05, 0.1) is 6.26 Å². The highest BCUT2D eigenvalue weighted by atomic mass is 19.4. The minimum atomic E-state index is -4.17. The van der Waals surface area contributed by atoms with E-state index in [2.05, 4.69) is 4.74 Å². The third kappa shape index (κ3) is 4.74. The summed E-state index contributed by atoms with van der Waals surface area (Å²) in [4.78, 5) is 10.1. The first-order chi connectivity index (χ1) is 10.9. The van der Waals surface area contributed by atoms with Crippen molar-refractivity contribution in [2.24, 2.45) is 0 Å². The van der Waals surface area contributed by atoms with E-state index < -0.39 is 23.8 Å². The topological polar surface area (TPSA) is 46.5 Å². The van der Waals surface area contributed by atoms with E-state index in [0.29, 0.717) is 12.0 Å². The maximum atomic E-state index is 12.4. The third-order valence-corrected chi connectivity index (χ3v) is 3.36. The molecular weight excluding hydrogens is 309 g/mol. The fourth-order valence-electron chi connectivity index (χ4n) is 2.18. The van der Waals surface area contributed by atoms with Crippen molar-refractivity contribution in [3.8, 4) is 0 Å². The summed E-state index contributed by atoms with van der Waals surface area (Å²) in [6.45, 7) is 0. The number of hydrogen-bond acceptors (Lipinski definition) is 2. The van der Waals surface area contributed by atoms with E-state index >= 15 is 0 Å². The summed E-state index contributed by atoms with van der Waals surface area (Å²) in [6, 6.07) is 7.21. The van der Waals surface area contributed by atoms with E-state index in [1.54, 1.807) is 24.3 Å². The number of fused-ring (bicyclic) bond motifs is 1. The van der Waals surface area contributed by atoms with Crippen molar-refractivity contribution in [1.29, 1.82) is 0 Å². The van der Waals surface area contributed by atoms with Gasteiger partial charge in [0.2, 0.25) is 6.10 Å². The molecule has 1 atom stereocenters. The van der Waals surface area contributed by atoms with Crippen LogP contribution >= 0.6 is 0 Å². The van der Waals surface area contributed by atoms with Crippen LogP contribution in [-0.4, -0.2) is 23.4 Å². The molecule has 3 rings (SSSR count). The van der Waals surface area contributed by atoms with Crippen LogP contribution in [0.4, 0.5) is 13.2 Å². The van der Waals surface area contributed by atoms with Gasteiger partial charge in [-0.2, -0.15) is 13.2 Å². The summed E-state index contributed by atoms with van der Waals surface area (Å²) in [7, 11) is 0. The van der Waals surface area contributed by atoms with E-state index in [0.717, 1.165) is 5.56 Å². The van der Waals surface area contributed by atoms with Crippen LogP contribution in [-0.2, 0) is 16.0 Å². The Labute approximate surface area is 131 Å². The van der Waals surface area contributed by atoms with Crippen LogP contribution < -0.4 is 0 Å². The van der Waals surface area contributed by atoms with E-state index in [9.17, 15) is 18.0 Å². The molecule has 0 aromatic heterocycles. The molecule has 1 aromatic rings. The van der Waals surface area contributed by atoms with Crippen LogP contribution in [0, 0.1) is 0 Å². The number of halogens is 3. The molecular formula is C17H15F3O3. The molecule has 122 valence electrons. The summed E-state index contributed by atoms with van der Waals surface area (Å²) >= 11 is 0. The highest BCUT2D eigenvalue weighted by Gasteiger charge is 2.34. The second-order valence-corrected chi connectivity index (χ2v) is 4.97. The predicted octanol–water partition coefficient (Wildman–Crippen LogP) is 4.12. The molecule has 0 amide bonds. The SMILES string of the molecule is FC(F)(F)C1=Cc2ccccc2CC1.O=C(O)C1C=CC=CO1. The van der Waals surface area contributed by atoms with E-state index in [-0.39, 0.29) is 6.42 Å². The average molecular weight is 324 g/mol. The minimum absolute atomic E-state index is 0.0977. The quantitative estimate of drug-likeness (QED) is 0.845. The van der Waals surface area contributed by atoms with Gasteiger partial charge in [-0.3, -0.25) is 0 Å². The van der Waals surface area contributed by atoms with Gasteiger partial charge in [-0.15, -0.1) is 0 Å². The Bertz CT molecular complexity index is 657. The van der Waals surface area contributed by atoms with Gasteiger partial charge in [-0.25, -0.2) is 4.79 Å². The number of hydrogen-bond donors (Lipinski definition) is 1. The number of ether oxygens (including phenoxy) is 1. The number of alkyl halides is 3. The van der Waals surface area contributed by atoms with Crippen LogP contribution in [0.5, 0.6) is 0 Å². The summed E-state index contributed by atoms with van der Waals surface area (Å²) in [5, 5.41) is 8.33. The number of benzene rings is 1. The summed E-state index contributed by atoms with van der Waals surface area (Å²) in [5.41, 5.74) is 1.28. The lowest BCUT2D eigenvalue weighted by Gasteiger charge is -2.18. The Hall–Kier alpha value is -2.50. The van der Waals surface area contributed by atoms with Crippen LogP contribution in [0.1, 0.15) is 17.5 Å². The van der Waals surface area contributed by atoms with Gasteiger partial charge < -0.3 is 9.84 Å². The number of carboxylic acid groups (broad SMARTS) is 1. The molecule has 1 aromatic carbocycles. The lowest BCUT2D eigenvalue weighted by molar-refractivity contribution is -0.144. The molecule has 3 nitrogen and oxygen atoms in total. The molecule has 1 aliphatic carbocycles. The molecule has 0 saturated heterocycles. The van der Waals surface area contributed by atoms with Gasteiger partial charge in [0, 0.05) is 5.57 Å². The Balaban J connectivity index is 0.000000185. The number of rotatable bonds is 1. The number of aliphatic carboxylic acids is 1. The molecule has 1 N–H and O–H groups in total. The fourth-order valence-corrected chi connectivity index (χ4v) is 2.18. The minimum Gasteiger partial charge on any atom is -0.482 e. The number of carbonyl (C=O) groups is 1. The standard InChI is InChI=1S/C11H9F3.C6H6O3/c12-11(13,14)10-6-5-8-3-1-2-4-9(8)7-10;7-6(8)5-3-1-2-4-9-5/h1-4,7H,5-6H2;1-5H,(H,7,8). The summed E-state index contributed by atoms with van der Waals surface area (Å²) in [6.07, 6.45) is 2.98. The van der Waals surface area contributed by atoms with Crippen LogP contribution in [0.3, 0.4) is 0 Å². The average Bonchev–Trinajstić information content (AvgIpc) is 2.55. The second kappa shape index (κ2) is 7.17. The lowest BCUT2D eigenvalue weighted by atomic mass is 9.92. The second-order valence-electron chi connectivity index (χ2n) is 4.97. The highest BCUT2D eigenvalue weighted by Crippen LogP contribution is 2.34. The van der Waals surface area contributed by atoms with Gasteiger partial charge in [0.1, 0.15) is 0 Å². The van der Waals surface area contributed by atoms with Crippen molar-refractivity contribution in [3.63, 3.8) is 0 Å². The van der Waals surface area contributed by atoms with E-state index in [1.165, 1.54) is 18.4 Å². The van der Waals surface area contributed by atoms with Crippen molar-refractivity contribution >= 4 is 12.0 Å². The molecule has 1 unspecified atom stereocenters. The van der Waals surface area contributed by atoms with Gasteiger partial charge in [0.15, 0.2) is 0 Å². The normalized spacial score (nSPS) is 18.9. The van der Waals surface area contributed by atoms with Crippen LogP contribution in [0.15, 0.2) is 54.3 Å². The van der Waals surface area contributed by atoms with E-state index in [4.69, 9.17) is 5.11 Å². The van der Waals surface area contributed by atoms with Crippen molar-refractivity contribution < 1.29 is 27.8 Å². The van der Waals surface area contributed by atoms with Crippen LogP contribution in [0.25, 0.3) is 6.08 Å². The summed E-state index contributed by atoms with van der Waals surface area (Å²) < 4.78 is 41.8. The Morgan fingerprint density at radius 1 is 1.17 bits per heavy atom. The molecule has 1 heterocycles. The third-order valence-electron chi connectivity index (χ3n) is 3.36. The number of carboxylic acids is 1. The Kier molecular flexibility index (Phi) is 5.26. The molecule has 0 spiro atoms. The van der Waals surface area contributed by atoms with Crippen LogP contribution in [0.2, 0.25) is 0 Å². The molecule has 6 heteroatoms. The molecule has 2 aliphatic rings. The lowest BCUT2D eigenvalue weighted by Crippen LogP contribution is -2.19. The van der Waals surface area contributed by atoms with Gasteiger partial charge in [-0.1, -0.05) is 30.3 Å². The molecule has 0 fully saturated rings. The molecule has 0 radical (unpaired) electrons. The fraction of sp³-hybridized carbons (Fsp3) is 0.235. The number of aryl methyl sites for hydroxylation is 1. The zero-order valence-electron chi connectivity index (χ0n) is 12.1. The Morgan fingerprint density at radius 2 is 1.91 bits per heavy atom. The van der Waals surface area contributed by atoms with Crippen molar-refractivity contribution in [2.45, 2.75) is 25.1 Å². The first-order valence-electron chi connectivity index (χ1n) is 6.95. The zero-order chi connectivity index (χ0) is 16.9. The zero-order valence-corrected chi connectivity index (χ0v) is 12.1. The van der Waals surface area contributed by atoms with E-state index in [1.807, 2.05) is 12.1 Å². The smallest absolute Gasteiger partial charge is 0.412 e.